The molecule has 2 aromatic heterocycles. The van der Waals surface area contributed by atoms with Gasteiger partial charge in [0.1, 0.15) is 5.75 Å². The Kier molecular flexibility index (Phi) is 3.23. The molecule has 1 N–H and O–H groups in total. The molecule has 4 nitrogen and oxygen atoms in total. The van der Waals surface area contributed by atoms with Gasteiger partial charge in [0, 0.05) is 11.3 Å². The molecule has 2 heterocycles. The van der Waals surface area contributed by atoms with Crippen LogP contribution >= 0.6 is 22.9 Å². The quantitative estimate of drug-likeness (QED) is 0.799. The Morgan fingerprint density at radius 2 is 2.21 bits per heavy atom. The van der Waals surface area contributed by atoms with Gasteiger partial charge >= 0.3 is 0 Å². The van der Waals surface area contributed by atoms with E-state index in [0.717, 1.165) is 4.88 Å². The van der Waals surface area contributed by atoms with Crippen LogP contribution in [0, 0.1) is 0 Å². The molecule has 0 unspecified atom stereocenters. The summed E-state index contributed by atoms with van der Waals surface area (Å²) in [7, 11) is 0. The SMILES string of the molecule is Oc1ccc(Cl)c(-c2nc(Cc3cccs3)no2)c1. The van der Waals surface area contributed by atoms with Crippen LogP contribution in [0.4, 0.5) is 0 Å². The standard InChI is InChI=1S/C13H9ClN2O2S/c14-11-4-3-8(17)6-10(11)13-15-12(16-18-13)7-9-2-1-5-19-9/h1-6,17H,7H2. The van der Waals surface area contributed by atoms with Crippen LogP contribution in [0.5, 0.6) is 5.75 Å². The Labute approximate surface area is 118 Å². The smallest absolute Gasteiger partial charge is 0.259 e. The molecular formula is C13H9ClN2O2S. The molecule has 0 fully saturated rings. The van der Waals surface area contributed by atoms with Crippen molar-refractivity contribution in [2.45, 2.75) is 6.42 Å². The normalized spacial score (nSPS) is 10.8. The van der Waals surface area contributed by atoms with Gasteiger partial charge in [-0.2, -0.15) is 4.98 Å². The lowest BCUT2D eigenvalue weighted by Crippen LogP contribution is -1.87. The Hall–Kier alpha value is -1.85. The van der Waals surface area contributed by atoms with Crippen molar-refractivity contribution >= 4 is 22.9 Å². The van der Waals surface area contributed by atoms with Gasteiger partial charge in [0.2, 0.25) is 0 Å². The van der Waals surface area contributed by atoms with Gasteiger partial charge in [0.15, 0.2) is 5.82 Å². The fourth-order valence-corrected chi connectivity index (χ4v) is 2.58. The molecule has 0 spiro atoms. The molecule has 6 heteroatoms. The summed E-state index contributed by atoms with van der Waals surface area (Å²) in [6, 6.07) is 8.60. The molecule has 0 atom stereocenters. The fraction of sp³-hybridized carbons (Fsp3) is 0.0769. The second kappa shape index (κ2) is 5.03. The van der Waals surface area contributed by atoms with Crippen LogP contribution in [0.1, 0.15) is 10.7 Å². The Balaban J connectivity index is 1.90. The largest absolute Gasteiger partial charge is 0.508 e. The van der Waals surface area contributed by atoms with Gasteiger partial charge in [-0.1, -0.05) is 22.8 Å². The highest BCUT2D eigenvalue weighted by Crippen LogP contribution is 2.30. The van der Waals surface area contributed by atoms with Crippen LogP contribution < -0.4 is 0 Å². The molecule has 0 radical (unpaired) electrons. The predicted octanol–water partition coefficient (Wildman–Crippen LogP) is 3.75. The van der Waals surface area contributed by atoms with E-state index in [1.165, 1.54) is 12.1 Å². The first-order chi connectivity index (χ1) is 9.22. The van der Waals surface area contributed by atoms with Crippen LogP contribution in [0.15, 0.2) is 40.2 Å². The average molecular weight is 293 g/mol. The van der Waals surface area contributed by atoms with Crippen molar-refractivity contribution in [3.05, 3.63) is 51.4 Å². The highest BCUT2D eigenvalue weighted by atomic mass is 35.5. The lowest BCUT2D eigenvalue weighted by atomic mass is 10.2. The summed E-state index contributed by atoms with van der Waals surface area (Å²) in [5.41, 5.74) is 0.534. The summed E-state index contributed by atoms with van der Waals surface area (Å²) in [6.07, 6.45) is 0.623. The van der Waals surface area contributed by atoms with Crippen LogP contribution in [0.25, 0.3) is 11.5 Å². The van der Waals surface area contributed by atoms with Gasteiger partial charge in [-0.3, -0.25) is 0 Å². The summed E-state index contributed by atoms with van der Waals surface area (Å²) in [4.78, 5) is 5.45. The zero-order valence-corrected chi connectivity index (χ0v) is 11.3. The number of aromatic nitrogens is 2. The molecule has 96 valence electrons. The number of nitrogens with zero attached hydrogens (tertiary/aromatic N) is 2. The minimum absolute atomic E-state index is 0.109. The van der Waals surface area contributed by atoms with E-state index in [1.54, 1.807) is 17.4 Å². The van der Waals surface area contributed by atoms with Gasteiger partial charge in [-0.15, -0.1) is 11.3 Å². The zero-order chi connectivity index (χ0) is 13.2. The maximum Gasteiger partial charge on any atom is 0.259 e. The first kappa shape index (κ1) is 12.2. The van der Waals surface area contributed by atoms with E-state index in [2.05, 4.69) is 10.1 Å². The first-order valence-electron chi connectivity index (χ1n) is 5.56. The fourth-order valence-electron chi connectivity index (χ4n) is 1.68. The van der Waals surface area contributed by atoms with E-state index in [-0.39, 0.29) is 5.75 Å². The van der Waals surface area contributed by atoms with Gasteiger partial charge in [-0.25, -0.2) is 0 Å². The second-order valence-electron chi connectivity index (χ2n) is 3.94. The van der Waals surface area contributed by atoms with Crippen molar-refractivity contribution in [1.82, 2.24) is 10.1 Å². The number of aromatic hydroxyl groups is 1. The molecule has 0 bridgehead atoms. The van der Waals surface area contributed by atoms with E-state index in [1.807, 2.05) is 17.5 Å². The van der Waals surface area contributed by atoms with Crippen LogP contribution in [-0.2, 0) is 6.42 Å². The summed E-state index contributed by atoms with van der Waals surface area (Å²) < 4.78 is 5.18. The van der Waals surface area contributed by atoms with Crippen LogP contribution in [-0.4, -0.2) is 15.2 Å². The zero-order valence-electron chi connectivity index (χ0n) is 9.71. The number of benzene rings is 1. The minimum atomic E-state index is 0.109. The van der Waals surface area contributed by atoms with Crippen LogP contribution in [0.3, 0.4) is 0 Å². The summed E-state index contributed by atoms with van der Waals surface area (Å²) in [5.74, 6) is 1.02. The number of thiophene rings is 1. The van der Waals surface area contributed by atoms with E-state index in [0.29, 0.717) is 28.7 Å². The molecule has 1 aromatic carbocycles. The Morgan fingerprint density at radius 1 is 1.32 bits per heavy atom. The van der Waals surface area contributed by atoms with Crippen molar-refractivity contribution in [2.75, 3.05) is 0 Å². The molecule has 0 saturated carbocycles. The molecule has 3 aromatic rings. The molecule has 3 rings (SSSR count). The monoisotopic (exact) mass is 292 g/mol. The molecule has 0 aliphatic heterocycles. The lowest BCUT2D eigenvalue weighted by molar-refractivity contribution is 0.423. The van der Waals surface area contributed by atoms with Crippen molar-refractivity contribution in [1.29, 1.82) is 0 Å². The van der Waals surface area contributed by atoms with E-state index in [9.17, 15) is 5.11 Å². The van der Waals surface area contributed by atoms with Gasteiger partial charge in [0.25, 0.3) is 5.89 Å². The third-order valence-corrected chi connectivity index (χ3v) is 3.77. The minimum Gasteiger partial charge on any atom is -0.508 e. The number of phenols is 1. The van der Waals surface area contributed by atoms with Gasteiger partial charge in [0.05, 0.1) is 10.6 Å². The second-order valence-corrected chi connectivity index (χ2v) is 5.38. The first-order valence-corrected chi connectivity index (χ1v) is 6.82. The van der Waals surface area contributed by atoms with Crippen LogP contribution in [0.2, 0.25) is 5.02 Å². The van der Waals surface area contributed by atoms with Crippen molar-refractivity contribution < 1.29 is 9.63 Å². The van der Waals surface area contributed by atoms with Gasteiger partial charge < -0.3 is 9.63 Å². The van der Waals surface area contributed by atoms with Gasteiger partial charge in [-0.05, 0) is 29.6 Å². The van der Waals surface area contributed by atoms with Crippen molar-refractivity contribution in [3.8, 4) is 17.2 Å². The highest BCUT2D eigenvalue weighted by Gasteiger charge is 2.13. The van der Waals surface area contributed by atoms with E-state index < -0.39 is 0 Å². The Morgan fingerprint density at radius 3 is 3.00 bits per heavy atom. The Bertz CT molecular complexity index is 694. The molecular weight excluding hydrogens is 284 g/mol. The number of hydrogen-bond donors (Lipinski definition) is 1. The number of hydrogen-bond acceptors (Lipinski definition) is 5. The summed E-state index contributed by atoms with van der Waals surface area (Å²) >= 11 is 7.69. The third-order valence-electron chi connectivity index (χ3n) is 2.56. The maximum atomic E-state index is 9.47. The van der Waals surface area contributed by atoms with Crippen molar-refractivity contribution in [3.63, 3.8) is 0 Å². The molecule has 0 saturated heterocycles. The van der Waals surface area contributed by atoms with E-state index >= 15 is 0 Å². The van der Waals surface area contributed by atoms with Crippen molar-refractivity contribution in [2.24, 2.45) is 0 Å². The third kappa shape index (κ3) is 2.62. The summed E-state index contributed by atoms with van der Waals surface area (Å²) in [5, 5.41) is 15.8. The molecule has 19 heavy (non-hydrogen) atoms. The topological polar surface area (TPSA) is 59.2 Å². The predicted molar refractivity (Wildman–Crippen MR) is 73.5 cm³/mol. The number of phenolic OH excluding ortho intramolecular Hbond substituents is 1. The number of halogens is 1. The summed E-state index contributed by atoms with van der Waals surface area (Å²) in [6.45, 7) is 0. The number of rotatable bonds is 3. The highest BCUT2D eigenvalue weighted by molar-refractivity contribution is 7.09. The van der Waals surface area contributed by atoms with E-state index in [4.69, 9.17) is 16.1 Å². The maximum absolute atomic E-state index is 9.47. The molecule has 0 amide bonds. The lowest BCUT2D eigenvalue weighted by Gasteiger charge is -1.98. The molecule has 0 aliphatic carbocycles. The average Bonchev–Trinajstić information content (AvgIpc) is 3.04. The molecule has 0 aliphatic rings.